The minimum absolute atomic E-state index is 0.173. The van der Waals surface area contributed by atoms with Crippen LogP contribution in [0.15, 0.2) is 30.6 Å². The highest BCUT2D eigenvalue weighted by Crippen LogP contribution is 2.40. The first-order valence-electron chi connectivity index (χ1n) is 12.0. The summed E-state index contributed by atoms with van der Waals surface area (Å²) >= 11 is 6.48. The molecular formula is C25H23ClFN5O5. The second-order valence-electron chi connectivity index (χ2n) is 9.59. The van der Waals surface area contributed by atoms with Crippen LogP contribution in [0.3, 0.4) is 0 Å². The van der Waals surface area contributed by atoms with E-state index in [9.17, 15) is 5.11 Å². The standard InChI is InChI=1S/C25H23ClFN5O5/c1-32-8-13(7-28-32)12-4-11-2-3-18(20(11)15(27)5-12)36-24-14(26)6-16-23(30-24)31-25(29-16)37-19-10-35-21-17(33)9-34-22(19)21/h4-8,17-19,21-22,33H,2-3,9-10H2,1H3,(H,29,30,31)/t17-,18?,19-,21-,22-/m1/s1. The Morgan fingerprint density at radius 2 is 2.00 bits per heavy atom. The maximum absolute atomic E-state index is 15.2. The fourth-order valence-electron chi connectivity index (χ4n) is 5.37. The molecule has 2 saturated heterocycles. The number of fused-ring (bicyclic) bond motifs is 3. The van der Waals surface area contributed by atoms with Crippen molar-refractivity contribution in [3.63, 3.8) is 0 Å². The summed E-state index contributed by atoms with van der Waals surface area (Å²) in [5.74, 6) is -0.157. The topological polar surface area (TPSA) is 117 Å². The average Bonchev–Trinajstić information content (AvgIpc) is 3.67. The molecule has 1 unspecified atom stereocenters. The molecule has 0 spiro atoms. The van der Waals surface area contributed by atoms with Crippen LogP contribution in [0, 0.1) is 5.82 Å². The number of benzene rings is 1. The number of H-pyrrole nitrogens is 1. The molecular weight excluding hydrogens is 505 g/mol. The van der Waals surface area contributed by atoms with Gasteiger partial charge in [-0.1, -0.05) is 17.7 Å². The first-order valence-corrected chi connectivity index (χ1v) is 12.4. The Hall–Kier alpha value is -3.25. The molecule has 5 heterocycles. The van der Waals surface area contributed by atoms with E-state index in [2.05, 4.69) is 20.1 Å². The van der Waals surface area contributed by atoms with Gasteiger partial charge in [-0.15, -0.1) is 0 Å². The molecule has 0 bridgehead atoms. The number of aliphatic hydroxyl groups is 1. The van der Waals surface area contributed by atoms with Crippen LogP contribution >= 0.6 is 11.6 Å². The van der Waals surface area contributed by atoms with Crippen molar-refractivity contribution in [3.8, 4) is 23.0 Å². The minimum Gasteiger partial charge on any atom is -0.468 e. The predicted molar refractivity (Wildman–Crippen MR) is 129 cm³/mol. The van der Waals surface area contributed by atoms with Gasteiger partial charge in [0.05, 0.1) is 24.9 Å². The van der Waals surface area contributed by atoms with Crippen molar-refractivity contribution in [1.82, 2.24) is 24.7 Å². The van der Waals surface area contributed by atoms with Gasteiger partial charge in [-0.25, -0.2) is 4.39 Å². The summed E-state index contributed by atoms with van der Waals surface area (Å²) in [6, 6.07) is 5.38. The molecule has 2 aliphatic heterocycles. The number of hydrogen-bond acceptors (Lipinski definition) is 8. The molecule has 2 fully saturated rings. The molecule has 3 aromatic heterocycles. The van der Waals surface area contributed by atoms with Gasteiger partial charge in [0, 0.05) is 24.4 Å². The Kier molecular flexibility index (Phi) is 5.36. The molecule has 0 saturated carbocycles. The Bertz CT molecular complexity index is 1510. The zero-order chi connectivity index (χ0) is 25.3. The molecule has 5 atom stereocenters. The average molecular weight is 528 g/mol. The molecule has 3 aliphatic rings. The van der Waals surface area contributed by atoms with Gasteiger partial charge in [0.25, 0.3) is 6.01 Å². The third kappa shape index (κ3) is 3.93. The fraction of sp³-hybridized carbons (Fsp3) is 0.400. The lowest BCUT2D eigenvalue weighted by atomic mass is 10.0. The Balaban J connectivity index is 1.12. The summed E-state index contributed by atoms with van der Waals surface area (Å²) in [4.78, 5) is 11.9. The number of aliphatic hydroxyl groups excluding tert-OH is 1. The van der Waals surface area contributed by atoms with Crippen LogP contribution in [0.1, 0.15) is 23.7 Å². The maximum atomic E-state index is 15.2. The van der Waals surface area contributed by atoms with Gasteiger partial charge >= 0.3 is 0 Å². The van der Waals surface area contributed by atoms with Crippen molar-refractivity contribution in [2.75, 3.05) is 13.2 Å². The normalized spacial score (nSPS) is 26.5. The van der Waals surface area contributed by atoms with Gasteiger partial charge in [0.15, 0.2) is 11.8 Å². The Morgan fingerprint density at radius 1 is 1.14 bits per heavy atom. The third-order valence-corrected chi connectivity index (χ3v) is 7.39. The number of nitrogens with zero attached hydrogens (tertiary/aromatic N) is 4. The van der Waals surface area contributed by atoms with Crippen LogP contribution in [0.2, 0.25) is 5.02 Å². The SMILES string of the molecule is Cn1cc(-c2cc(F)c3c(c2)CCC3Oc2nc3nc(O[C@@H]4CO[C@H]5[C@@H]4OC[C@H]5O)[nH]c3cc2Cl)cn1. The van der Waals surface area contributed by atoms with Crippen molar-refractivity contribution in [2.24, 2.45) is 7.05 Å². The smallest absolute Gasteiger partial charge is 0.296 e. The minimum atomic E-state index is -0.665. The quantitative estimate of drug-likeness (QED) is 0.407. The van der Waals surface area contributed by atoms with Gasteiger partial charge in [0.2, 0.25) is 5.88 Å². The van der Waals surface area contributed by atoms with Crippen LogP contribution in [0.25, 0.3) is 22.3 Å². The van der Waals surface area contributed by atoms with Crippen LogP contribution in [0.4, 0.5) is 4.39 Å². The number of pyridine rings is 1. The fourth-order valence-corrected chi connectivity index (χ4v) is 5.56. The van der Waals surface area contributed by atoms with E-state index in [0.717, 1.165) is 16.7 Å². The third-order valence-electron chi connectivity index (χ3n) is 7.12. The van der Waals surface area contributed by atoms with Gasteiger partial charge in [-0.05, 0) is 36.1 Å². The molecule has 7 rings (SSSR count). The number of aromatic nitrogens is 5. The van der Waals surface area contributed by atoms with Crippen LogP contribution in [-0.4, -0.2) is 67.5 Å². The van der Waals surface area contributed by atoms with Gasteiger partial charge < -0.3 is 29.0 Å². The lowest BCUT2D eigenvalue weighted by molar-refractivity contribution is 0.00706. The summed E-state index contributed by atoms with van der Waals surface area (Å²) in [6.45, 7) is 0.490. The molecule has 2 N–H and O–H groups in total. The summed E-state index contributed by atoms with van der Waals surface area (Å²) in [5.41, 5.74) is 3.97. The van der Waals surface area contributed by atoms with E-state index in [1.165, 1.54) is 6.07 Å². The second-order valence-corrected chi connectivity index (χ2v) is 9.99. The predicted octanol–water partition coefficient (Wildman–Crippen LogP) is 3.12. The molecule has 10 nitrogen and oxygen atoms in total. The monoisotopic (exact) mass is 527 g/mol. The van der Waals surface area contributed by atoms with Crippen LogP contribution in [0.5, 0.6) is 11.9 Å². The second kappa shape index (κ2) is 8.66. The molecule has 37 heavy (non-hydrogen) atoms. The molecule has 0 radical (unpaired) electrons. The maximum Gasteiger partial charge on any atom is 0.296 e. The zero-order valence-corrected chi connectivity index (χ0v) is 20.5. The molecule has 12 heteroatoms. The Labute approximate surface area is 215 Å². The first kappa shape index (κ1) is 22.9. The van der Waals surface area contributed by atoms with E-state index in [1.807, 2.05) is 19.3 Å². The van der Waals surface area contributed by atoms with Gasteiger partial charge in [-0.2, -0.15) is 15.1 Å². The van der Waals surface area contributed by atoms with Crippen molar-refractivity contribution in [2.45, 2.75) is 43.4 Å². The van der Waals surface area contributed by atoms with E-state index in [4.69, 9.17) is 30.5 Å². The molecule has 1 aliphatic carbocycles. The summed E-state index contributed by atoms with van der Waals surface area (Å²) in [5, 5.41) is 14.4. The highest BCUT2D eigenvalue weighted by molar-refractivity contribution is 6.32. The van der Waals surface area contributed by atoms with Crippen molar-refractivity contribution in [1.29, 1.82) is 0 Å². The van der Waals surface area contributed by atoms with Crippen molar-refractivity contribution < 1.29 is 28.4 Å². The van der Waals surface area contributed by atoms with E-state index in [-0.39, 0.29) is 42.0 Å². The first-order chi connectivity index (χ1) is 17.9. The van der Waals surface area contributed by atoms with Gasteiger partial charge in [-0.3, -0.25) is 4.68 Å². The molecule has 192 valence electrons. The number of aryl methyl sites for hydroxylation is 2. The molecule has 0 amide bonds. The molecule has 1 aromatic carbocycles. The largest absolute Gasteiger partial charge is 0.468 e. The number of nitrogens with one attached hydrogen (secondary N) is 1. The number of ether oxygens (including phenoxy) is 4. The number of halogens is 2. The lowest BCUT2D eigenvalue weighted by Crippen LogP contribution is -2.34. The number of hydrogen-bond donors (Lipinski definition) is 2. The highest BCUT2D eigenvalue weighted by atomic mass is 35.5. The summed E-state index contributed by atoms with van der Waals surface area (Å²) in [7, 11) is 1.83. The van der Waals surface area contributed by atoms with Crippen LogP contribution in [-0.2, 0) is 22.9 Å². The number of aromatic amines is 1. The van der Waals surface area contributed by atoms with Crippen LogP contribution < -0.4 is 9.47 Å². The Morgan fingerprint density at radius 3 is 2.84 bits per heavy atom. The highest BCUT2D eigenvalue weighted by Gasteiger charge is 2.48. The summed E-state index contributed by atoms with van der Waals surface area (Å²) < 4.78 is 40.2. The summed E-state index contributed by atoms with van der Waals surface area (Å²) in [6.07, 6.45) is 2.48. The molecule has 4 aromatic rings. The van der Waals surface area contributed by atoms with Crippen molar-refractivity contribution >= 4 is 22.8 Å². The van der Waals surface area contributed by atoms with E-state index < -0.39 is 24.4 Å². The number of rotatable bonds is 5. The van der Waals surface area contributed by atoms with E-state index in [0.29, 0.717) is 29.6 Å². The number of imidazole rings is 1. The van der Waals surface area contributed by atoms with E-state index >= 15 is 4.39 Å². The van der Waals surface area contributed by atoms with E-state index in [1.54, 1.807) is 16.9 Å². The zero-order valence-electron chi connectivity index (χ0n) is 19.7. The lowest BCUT2D eigenvalue weighted by Gasteiger charge is -2.16. The van der Waals surface area contributed by atoms with Crippen molar-refractivity contribution in [3.05, 3.63) is 52.6 Å². The van der Waals surface area contributed by atoms with Gasteiger partial charge in [0.1, 0.15) is 35.3 Å².